The van der Waals surface area contributed by atoms with Gasteiger partial charge in [0.15, 0.2) is 0 Å². The fraction of sp³-hybridized carbons (Fsp3) is 1.00. The molecule has 0 aromatic carbocycles. The molecule has 1 unspecified atom stereocenters. The first kappa shape index (κ1) is 22.7. The van der Waals surface area contributed by atoms with E-state index in [1.165, 1.54) is 75.7 Å². The van der Waals surface area contributed by atoms with Crippen molar-refractivity contribution in [2.75, 3.05) is 18.1 Å². The van der Waals surface area contributed by atoms with Gasteiger partial charge in [0.05, 0.1) is 0 Å². The number of unbranched alkanes of at least 4 members (excludes halogenated alkanes) is 3. The Balaban J connectivity index is 2.19. The zero-order valence-corrected chi connectivity index (χ0v) is 21.6. The number of hydrogen-bond donors (Lipinski definition) is 0. The zero-order valence-electron chi connectivity index (χ0n) is 17.1. The second-order valence-electron chi connectivity index (χ2n) is 8.24. The average Bonchev–Trinajstić information content (AvgIpc) is 3.46. The number of hydrogen-bond acceptors (Lipinski definition) is 3. The maximum absolute atomic E-state index is 5.51. The van der Waals surface area contributed by atoms with Crippen LogP contribution in [0.25, 0.3) is 0 Å². The van der Waals surface area contributed by atoms with Crippen LogP contribution in [-0.2, 0) is 4.74 Å². The third-order valence-electron chi connectivity index (χ3n) is 6.23. The second kappa shape index (κ2) is 12.1. The summed E-state index contributed by atoms with van der Waals surface area (Å²) in [4.78, 5) is 0. The van der Waals surface area contributed by atoms with Crippen molar-refractivity contribution in [3.63, 3.8) is 0 Å². The van der Waals surface area contributed by atoms with E-state index in [2.05, 4.69) is 44.3 Å². The van der Waals surface area contributed by atoms with Gasteiger partial charge in [0.2, 0.25) is 0 Å². The topological polar surface area (TPSA) is 12.5 Å². The van der Waals surface area contributed by atoms with Crippen molar-refractivity contribution in [2.24, 2.45) is 0 Å². The number of rotatable bonds is 14. The molecule has 2 fully saturated rings. The molecule has 2 saturated heterocycles. The Morgan fingerprint density at radius 2 is 1.40 bits per heavy atom. The van der Waals surface area contributed by atoms with Crippen LogP contribution in [0.5, 0.6) is 0 Å². The van der Waals surface area contributed by atoms with Crippen LogP contribution in [0.1, 0.15) is 85.0 Å². The van der Waals surface area contributed by atoms with Crippen molar-refractivity contribution in [1.29, 1.82) is 0 Å². The molecular weight excluding hydrogens is 451 g/mol. The summed E-state index contributed by atoms with van der Waals surface area (Å²) in [6.07, 6.45) is 15.1. The molecule has 0 aromatic heterocycles. The van der Waals surface area contributed by atoms with Crippen molar-refractivity contribution < 1.29 is 4.74 Å². The third kappa shape index (κ3) is 6.78. The molecule has 2 heterocycles. The first-order chi connectivity index (χ1) is 12.2. The quantitative estimate of drug-likeness (QED) is 0.184. The van der Waals surface area contributed by atoms with E-state index in [4.69, 9.17) is 4.74 Å². The van der Waals surface area contributed by atoms with Crippen LogP contribution in [0.4, 0.5) is 0 Å². The monoisotopic (exact) mass is 494 g/mol. The molecule has 2 aliphatic heterocycles. The Hall–Kier alpha value is 1.46. The van der Waals surface area contributed by atoms with E-state index < -0.39 is 18.4 Å². The van der Waals surface area contributed by atoms with Crippen LogP contribution in [0.15, 0.2) is 0 Å². The molecule has 4 heteroatoms. The predicted octanol–water partition coefficient (Wildman–Crippen LogP) is 7.51. The predicted molar refractivity (Wildman–Crippen MR) is 121 cm³/mol. The summed E-state index contributed by atoms with van der Waals surface area (Å²) < 4.78 is 11.2. The summed E-state index contributed by atoms with van der Waals surface area (Å²) >= 11 is 2.70. The minimum absolute atomic E-state index is 0.627. The van der Waals surface area contributed by atoms with Crippen LogP contribution in [-0.4, -0.2) is 44.7 Å². The molecule has 0 amide bonds. The molecule has 0 N–H and O–H groups in total. The van der Waals surface area contributed by atoms with Crippen LogP contribution < -0.4 is 0 Å². The molecule has 25 heavy (non-hydrogen) atoms. The van der Waals surface area contributed by atoms with E-state index >= 15 is 0 Å². The standard InChI is InChI=1S/C9H15OS2.3C4H9.Sn/c1(3-8-7-10-8)4-9-11-5-2-6-12-9;3*1-3-4-2;/h8H,1-7H2;3*1,3-4H2,2H3;. The molecule has 0 radical (unpaired) electrons. The van der Waals surface area contributed by atoms with E-state index in [9.17, 15) is 0 Å². The first-order valence-electron chi connectivity index (χ1n) is 11.1. The molecule has 2 rings (SSSR count). The maximum atomic E-state index is 5.51. The van der Waals surface area contributed by atoms with Gasteiger partial charge in [-0.1, -0.05) is 0 Å². The van der Waals surface area contributed by atoms with Crippen LogP contribution >= 0.6 is 23.5 Å². The van der Waals surface area contributed by atoms with Crippen molar-refractivity contribution in [2.45, 2.75) is 106 Å². The molecule has 0 aliphatic carbocycles. The third-order valence-corrected chi connectivity index (χ3v) is 34.1. The normalized spacial score (nSPS) is 22.9. The summed E-state index contributed by atoms with van der Waals surface area (Å²) in [7, 11) is 0. The summed E-state index contributed by atoms with van der Waals surface area (Å²) in [6, 6.07) is 0. The fourth-order valence-corrected chi connectivity index (χ4v) is 35.4. The first-order valence-corrected chi connectivity index (χ1v) is 20.6. The van der Waals surface area contributed by atoms with E-state index in [1.807, 2.05) is 0 Å². The minimum atomic E-state index is -2.22. The Labute approximate surface area is 170 Å². The van der Waals surface area contributed by atoms with Crippen LogP contribution in [0.2, 0.25) is 13.3 Å². The van der Waals surface area contributed by atoms with Gasteiger partial charge in [-0.25, -0.2) is 0 Å². The average molecular weight is 493 g/mol. The van der Waals surface area contributed by atoms with Gasteiger partial charge in [-0.3, -0.25) is 0 Å². The van der Waals surface area contributed by atoms with Crippen molar-refractivity contribution >= 4 is 41.9 Å². The molecule has 0 spiro atoms. The number of ether oxygens (including phenoxy) is 1. The van der Waals surface area contributed by atoms with Gasteiger partial charge >= 0.3 is 171 Å². The van der Waals surface area contributed by atoms with E-state index in [-0.39, 0.29) is 0 Å². The Morgan fingerprint density at radius 3 is 1.84 bits per heavy atom. The van der Waals surface area contributed by atoms with Gasteiger partial charge < -0.3 is 0 Å². The van der Waals surface area contributed by atoms with Gasteiger partial charge in [-0.2, -0.15) is 0 Å². The van der Waals surface area contributed by atoms with Crippen molar-refractivity contribution in [1.82, 2.24) is 0 Å². The molecule has 0 aromatic rings. The molecule has 148 valence electrons. The van der Waals surface area contributed by atoms with E-state index in [0.29, 0.717) is 8.20 Å². The van der Waals surface area contributed by atoms with Gasteiger partial charge in [0.25, 0.3) is 0 Å². The summed E-state index contributed by atoms with van der Waals surface area (Å²) in [6.45, 7) is 8.28. The van der Waals surface area contributed by atoms with Crippen molar-refractivity contribution in [3.05, 3.63) is 0 Å². The summed E-state index contributed by atoms with van der Waals surface area (Å²) in [5, 5.41) is 0. The Bertz CT molecular complexity index is 332. The SMILES string of the molecule is CCC[CH2][Sn]([CH2]CCC)([CH2]CCC)[C]1(CCCC2CO2)SCCCS1. The Kier molecular flexibility index (Phi) is 11.0. The van der Waals surface area contributed by atoms with Gasteiger partial charge in [0, 0.05) is 0 Å². The van der Waals surface area contributed by atoms with Gasteiger partial charge in [-0.15, -0.1) is 0 Å². The number of thioether (sulfide) groups is 2. The molecule has 2 aliphatic rings. The molecule has 0 bridgehead atoms. The summed E-state index contributed by atoms with van der Waals surface area (Å²) in [5.41, 5.74) is 0. The van der Waals surface area contributed by atoms with Gasteiger partial charge in [-0.05, 0) is 0 Å². The Morgan fingerprint density at radius 1 is 0.880 bits per heavy atom. The van der Waals surface area contributed by atoms with Gasteiger partial charge in [0.1, 0.15) is 0 Å². The van der Waals surface area contributed by atoms with E-state index in [0.717, 1.165) is 6.61 Å². The molecule has 0 saturated carbocycles. The van der Waals surface area contributed by atoms with E-state index in [1.54, 1.807) is 13.3 Å². The van der Waals surface area contributed by atoms with Crippen molar-refractivity contribution in [3.8, 4) is 0 Å². The molecule has 1 atom stereocenters. The zero-order chi connectivity index (χ0) is 18.0. The molecular formula is C21H42OS2Sn. The second-order valence-corrected chi connectivity index (χ2v) is 27.4. The van der Waals surface area contributed by atoms with Crippen LogP contribution in [0.3, 0.4) is 0 Å². The molecule has 1 nitrogen and oxygen atoms in total. The van der Waals surface area contributed by atoms with Crippen LogP contribution in [0, 0.1) is 0 Å². The summed E-state index contributed by atoms with van der Waals surface area (Å²) in [5.74, 6) is 2.88. The fourth-order valence-electron chi connectivity index (χ4n) is 4.58. The number of epoxide rings is 1.